The van der Waals surface area contributed by atoms with Crippen LogP contribution in [-0.2, 0) is 4.79 Å². The summed E-state index contributed by atoms with van der Waals surface area (Å²) in [5.41, 5.74) is 0.360. The highest BCUT2D eigenvalue weighted by Crippen LogP contribution is 2.24. The molecule has 160 valence electrons. The van der Waals surface area contributed by atoms with Crippen molar-refractivity contribution < 1.29 is 18.7 Å². The van der Waals surface area contributed by atoms with Gasteiger partial charge >= 0.3 is 0 Å². The fraction of sp³-hybridized carbons (Fsp3) is 0.421. The topological polar surface area (TPSA) is 131 Å². The minimum absolute atomic E-state index is 0.0811. The van der Waals surface area contributed by atoms with Crippen LogP contribution in [0.25, 0.3) is 17.5 Å². The van der Waals surface area contributed by atoms with Crippen molar-refractivity contribution in [2.45, 2.75) is 19.3 Å². The number of carbonyl (C=O) groups excluding carboxylic acids is 1. The Morgan fingerprint density at radius 1 is 1.43 bits per heavy atom. The summed E-state index contributed by atoms with van der Waals surface area (Å²) in [6.45, 7) is 1.41. The van der Waals surface area contributed by atoms with E-state index >= 15 is 0 Å². The van der Waals surface area contributed by atoms with Gasteiger partial charge in [0.2, 0.25) is 5.91 Å². The fourth-order valence-electron chi connectivity index (χ4n) is 3.18. The zero-order valence-electron chi connectivity index (χ0n) is 16.2. The summed E-state index contributed by atoms with van der Waals surface area (Å²) in [4.78, 5) is 29.8. The number of halogens is 2. The molecule has 0 aromatic carbocycles. The molecule has 2 aromatic heterocycles. The molecule has 30 heavy (non-hydrogen) atoms. The van der Waals surface area contributed by atoms with Crippen molar-refractivity contribution in [2.24, 2.45) is 5.92 Å². The molecule has 1 fully saturated rings. The number of allylic oxidation sites excluding steroid dienone is 1. The standard InChI is InChI=1S/C19H23F2N7O2/c20-18(21)13(22)3-4-16-24-9-15(27-16)14-8-17(26-11-25-14)28-6-1-2-12(10-28)19(30)23-5-7-29/h3-4,8-9,11-12,18,22,29H,1-2,5-7,10H2,(H,23,30)(H,24,27)/b4-3-,22-13?. The van der Waals surface area contributed by atoms with Crippen molar-refractivity contribution in [3.05, 3.63) is 30.5 Å². The van der Waals surface area contributed by atoms with Crippen LogP contribution in [0, 0.1) is 11.3 Å². The van der Waals surface area contributed by atoms with E-state index in [4.69, 9.17) is 10.5 Å². The molecule has 9 nitrogen and oxygen atoms in total. The van der Waals surface area contributed by atoms with E-state index in [2.05, 4.69) is 25.3 Å². The predicted octanol–water partition coefficient (Wildman–Crippen LogP) is 1.49. The average molecular weight is 419 g/mol. The first-order chi connectivity index (χ1) is 14.5. The largest absolute Gasteiger partial charge is 0.395 e. The molecule has 0 spiro atoms. The Morgan fingerprint density at radius 2 is 2.27 bits per heavy atom. The van der Waals surface area contributed by atoms with E-state index in [0.29, 0.717) is 29.6 Å². The first-order valence-electron chi connectivity index (χ1n) is 9.53. The number of imidazole rings is 1. The SMILES string of the molecule is N=C(/C=C\c1ncc(-c2cc(N3CCCC(C(=O)NCCO)C3)ncn2)[nH]1)C(F)F. The third-order valence-corrected chi connectivity index (χ3v) is 4.71. The second kappa shape index (κ2) is 10.0. The molecule has 1 unspecified atom stereocenters. The molecule has 3 rings (SSSR count). The van der Waals surface area contributed by atoms with Crippen LogP contribution < -0.4 is 10.2 Å². The molecule has 1 amide bonds. The Kier molecular flexibility index (Phi) is 7.17. The fourth-order valence-corrected chi connectivity index (χ4v) is 3.18. The van der Waals surface area contributed by atoms with Crippen LogP contribution in [0.4, 0.5) is 14.6 Å². The van der Waals surface area contributed by atoms with Crippen molar-refractivity contribution in [1.82, 2.24) is 25.3 Å². The monoisotopic (exact) mass is 419 g/mol. The van der Waals surface area contributed by atoms with Crippen LogP contribution in [0.3, 0.4) is 0 Å². The van der Waals surface area contributed by atoms with Gasteiger partial charge in [0.15, 0.2) is 0 Å². The van der Waals surface area contributed by atoms with Crippen molar-refractivity contribution >= 4 is 23.5 Å². The van der Waals surface area contributed by atoms with Crippen molar-refractivity contribution in [2.75, 3.05) is 31.1 Å². The number of nitrogens with zero attached hydrogens (tertiary/aromatic N) is 4. The van der Waals surface area contributed by atoms with Crippen LogP contribution in [0.2, 0.25) is 0 Å². The molecule has 4 N–H and O–H groups in total. The Labute approximate surface area is 171 Å². The molecule has 0 bridgehead atoms. The zero-order valence-corrected chi connectivity index (χ0v) is 16.2. The minimum Gasteiger partial charge on any atom is -0.395 e. The number of H-pyrrole nitrogens is 1. The smallest absolute Gasteiger partial charge is 0.279 e. The quantitative estimate of drug-likeness (QED) is 0.480. The molecule has 0 aliphatic carbocycles. The Balaban J connectivity index is 1.70. The van der Waals surface area contributed by atoms with E-state index in [-0.39, 0.29) is 25.0 Å². The molecule has 1 aliphatic heterocycles. The molecule has 3 heterocycles. The number of hydrogen-bond donors (Lipinski definition) is 4. The molecule has 11 heteroatoms. The Morgan fingerprint density at radius 3 is 3.03 bits per heavy atom. The number of nitrogens with one attached hydrogen (secondary N) is 3. The number of aliphatic hydroxyl groups excluding tert-OH is 1. The average Bonchev–Trinajstić information content (AvgIpc) is 3.25. The molecular formula is C19H23F2N7O2. The van der Waals surface area contributed by atoms with E-state index in [1.54, 1.807) is 6.07 Å². The van der Waals surface area contributed by atoms with Gasteiger partial charge in [0.25, 0.3) is 6.43 Å². The summed E-state index contributed by atoms with van der Waals surface area (Å²) in [5.74, 6) is 0.736. The van der Waals surface area contributed by atoms with E-state index in [0.717, 1.165) is 25.5 Å². The highest BCUT2D eigenvalue weighted by Gasteiger charge is 2.26. The van der Waals surface area contributed by atoms with Gasteiger partial charge in [-0.25, -0.2) is 23.7 Å². The summed E-state index contributed by atoms with van der Waals surface area (Å²) >= 11 is 0. The predicted molar refractivity (Wildman–Crippen MR) is 107 cm³/mol. The molecule has 1 saturated heterocycles. The van der Waals surface area contributed by atoms with Gasteiger partial charge in [0.05, 0.1) is 35.8 Å². The number of alkyl halides is 2. The van der Waals surface area contributed by atoms with E-state index in [1.165, 1.54) is 18.6 Å². The Bertz CT molecular complexity index is 916. The Hall–Kier alpha value is -3.21. The van der Waals surface area contributed by atoms with E-state index in [1.807, 2.05) is 4.90 Å². The number of aromatic nitrogens is 4. The number of hydrogen-bond acceptors (Lipinski definition) is 7. The van der Waals surface area contributed by atoms with Crippen LogP contribution in [0.5, 0.6) is 0 Å². The van der Waals surface area contributed by atoms with Crippen molar-refractivity contribution in [3.8, 4) is 11.4 Å². The van der Waals surface area contributed by atoms with Gasteiger partial charge in [0.1, 0.15) is 18.0 Å². The molecule has 1 aliphatic rings. The second-order valence-electron chi connectivity index (χ2n) is 6.83. The number of carbonyl (C=O) groups is 1. The lowest BCUT2D eigenvalue weighted by molar-refractivity contribution is -0.125. The number of rotatable bonds is 8. The van der Waals surface area contributed by atoms with E-state index < -0.39 is 12.1 Å². The van der Waals surface area contributed by atoms with Gasteiger partial charge in [-0.1, -0.05) is 0 Å². The third-order valence-electron chi connectivity index (χ3n) is 4.71. The summed E-state index contributed by atoms with van der Waals surface area (Å²) < 4.78 is 24.8. The maximum absolute atomic E-state index is 12.4. The summed E-state index contributed by atoms with van der Waals surface area (Å²) in [6.07, 6.45) is 4.03. The highest BCUT2D eigenvalue weighted by molar-refractivity contribution is 5.97. The lowest BCUT2D eigenvalue weighted by atomic mass is 9.97. The lowest BCUT2D eigenvalue weighted by Gasteiger charge is -2.32. The van der Waals surface area contributed by atoms with Gasteiger partial charge in [0, 0.05) is 25.7 Å². The lowest BCUT2D eigenvalue weighted by Crippen LogP contribution is -2.44. The highest BCUT2D eigenvalue weighted by atomic mass is 19.3. The van der Waals surface area contributed by atoms with E-state index in [9.17, 15) is 13.6 Å². The minimum atomic E-state index is -2.83. The van der Waals surface area contributed by atoms with Gasteiger partial charge in [-0.2, -0.15) is 0 Å². The summed E-state index contributed by atoms with van der Waals surface area (Å²) in [6, 6.07) is 1.77. The normalized spacial score (nSPS) is 16.9. The summed E-state index contributed by atoms with van der Waals surface area (Å²) in [5, 5.41) is 18.7. The molecule has 0 radical (unpaired) electrons. The van der Waals surface area contributed by atoms with Crippen LogP contribution in [0.15, 0.2) is 24.7 Å². The third kappa shape index (κ3) is 5.44. The van der Waals surface area contributed by atoms with Gasteiger partial charge < -0.3 is 20.3 Å². The van der Waals surface area contributed by atoms with Gasteiger partial charge in [-0.3, -0.25) is 10.2 Å². The molecular weight excluding hydrogens is 396 g/mol. The first-order valence-corrected chi connectivity index (χ1v) is 9.53. The van der Waals surface area contributed by atoms with Crippen molar-refractivity contribution in [3.63, 3.8) is 0 Å². The van der Waals surface area contributed by atoms with Gasteiger partial charge in [-0.15, -0.1) is 0 Å². The van der Waals surface area contributed by atoms with Crippen LogP contribution in [0.1, 0.15) is 18.7 Å². The number of piperidine rings is 1. The number of amides is 1. The van der Waals surface area contributed by atoms with Crippen LogP contribution in [-0.4, -0.2) is 69.3 Å². The maximum Gasteiger partial charge on any atom is 0.279 e. The zero-order chi connectivity index (χ0) is 21.5. The first kappa shape index (κ1) is 21.5. The molecule has 0 saturated carbocycles. The molecule has 1 atom stereocenters. The molecule has 2 aromatic rings. The van der Waals surface area contributed by atoms with Crippen molar-refractivity contribution in [1.29, 1.82) is 5.41 Å². The number of anilines is 1. The second-order valence-corrected chi connectivity index (χ2v) is 6.83. The number of aliphatic hydroxyl groups is 1. The van der Waals surface area contributed by atoms with Gasteiger partial charge in [-0.05, 0) is 25.0 Å². The summed E-state index contributed by atoms with van der Waals surface area (Å²) in [7, 11) is 0. The number of aromatic amines is 1. The van der Waals surface area contributed by atoms with Crippen LogP contribution >= 0.6 is 0 Å². The maximum atomic E-state index is 12.4.